The highest BCUT2D eigenvalue weighted by Gasteiger charge is 2.13. The second-order valence-electron chi connectivity index (χ2n) is 4.68. The third-order valence-corrected chi connectivity index (χ3v) is 3.02. The molecule has 68 valence electrons. The molecule has 0 unspecified atom stereocenters. The Morgan fingerprint density at radius 1 is 0.636 bits per heavy atom. The van der Waals surface area contributed by atoms with E-state index in [1.807, 2.05) is 0 Å². The number of rotatable bonds is 4. The Morgan fingerprint density at radius 3 is 1.09 bits per heavy atom. The SMILES string of the molecule is CC(C)[C@H](C)C[C@@H](C)C(C)C. The minimum atomic E-state index is 0.844. The molecule has 0 aliphatic carbocycles. The maximum absolute atomic E-state index is 2.36. The van der Waals surface area contributed by atoms with E-state index in [-0.39, 0.29) is 0 Å². The van der Waals surface area contributed by atoms with E-state index in [2.05, 4.69) is 41.5 Å². The van der Waals surface area contributed by atoms with Crippen LogP contribution in [0.4, 0.5) is 0 Å². The van der Waals surface area contributed by atoms with Gasteiger partial charge in [0.2, 0.25) is 0 Å². The van der Waals surface area contributed by atoms with E-state index in [9.17, 15) is 0 Å². The zero-order valence-corrected chi connectivity index (χ0v) is 9.02. The molecule has 0 amide bonds. The lowest BCUT2D eigenvalue weighted by atomic mass is 9.84. The van der Waals surface area contributed by atoms with Crippen LogP contribution in [-0.4, -0.2) is 0 Å². The maximum atomic E-state index is 2.36. The summed E-state index contributed by atoms with van der Waals surface area (Å²) in [6, 6.07) is 0. The van der Waals surface area contributed by atoms with E-state index in [1.165, 1.54) is 6.42 Å². The van der Waals surface area contributed by atoms with Gasteiger partial charge in [-0.05, 0) is 30.1 Å². The van der Waals surface area contributed by atoms with E-state index in [0.717, 1.165) is 23.7 Å². The number of hydrogen-bond acceptors (Lipinski definition) is 0. The molecule has 11 heavy (non-hydrogen) atoms. The monoisotopic (exact) mass is 156 g/mol. The second-order valence-corrected chi connectivity index (χ2v) is 4.68. The summed E-state index contributed by atoms with van der Waals surface area (Å²) in [5, 5.41) is 0. The van der Waals surface area contributed by atoms with Gasteiger partial charge in [0.25, 0.3) is 0 Å². The van der Waals surface area contributed by atoms with Gasteiger partial charge in [-0.1, -0.05) is 41.5 Å². The molecule has 0 fully saturated rings. The number of hydrogen-bond donors (Lipinski definition) is 0. The smallest absolute Gasteiger partial charge is 0.0417 e. The van der Waals surface area contributed by atoms with Crippen molar-refractivity contribution in [2.75, 3.05) is 0 Å². The van der Waals surface area contributed by atoms with Crippen LogP contribution in [0.2, 0.25) is 0 Å². The molecule has 0 aromatic heterocycles. The fraction of sp³-hybridized carbons (Fsp3) is 1.00. The average Bonchev–Trinajstić information content (AvgIpc) is 1.87. The molecule has 0 aliphatic rings. The van der Waals surface area contributed by atoms with Gasteiger partial charge >= 0.3 is 0 Å². The van der Waals surface area contributed by atoms with Gasteiger partial charge in [-0.3, -0.25) is 0 Å². The summed E-state index contributed by atoms with van der Waals surface area (Å²) in [6.07, 6.45) is 1.38. The largest absolute Gasteiger partial charge is 0.0625 e. The molecule has 2 atom stereocenters. The molecule has 0 spiro atoms. The fourth-order valence-electron chi connectivity index (χ4n) is 1.13. The quantitative estimate of drug-likeness (QED) is 0.578. The molecule has 0 radical (unpaired) electrons. The van der Waals surface area contributed by atoms with Crippen LogP contribution >= 0.6 is 0 Å². The van der Waals surface area contributed by atoms with Gasteiger partial charge in [-0.15, -0.1) is 0 Å². The van der Waals surface area contributed by atoms with Crippen molar-refractivity contribution in [2.45, 2.75) is 48.0 Å². The van der Waals surface area contributed by atoms with E-state index in [0.29, 0.717) is 0 Å². The van der Waals surface area contributed by atoms with Crippen LogP contribution < -0.4 is 0 Å². The molecule has 0 rings (SSSR count). The van der Waals surface area contributed by atoms with Crippen molar-refractivity contribution in [3.05, 3.63) is 0 Å². The highest BCUT2D eigenvalue weighted by molar-refractivity contribution is 4.64. The molecule has 0 saturated carbocycles. The Morgan fingerprint density at radius 2 is 0.909 bits per heavy atom. The molecule has 0 heteroatoms. The third kappa shape index (κ3) is 4.44. The second kappa shape index (κ2) is 4.79. The fourth-order valence-corrected chi connectivity index (χ4v) is 1.13. The van der Waals surface area contributed by atoms with Crippen LogP contribution in [0.5, 0.6) is 0 Å². The van der Waals surface area contributed by atoms with Gasteiger partial charge in [-0.2, -0.15) is 0 Å². The van der Waals surface area contributed by atoms with Crippen molar-refractivity contribution in [3.63, 3.8) is 0 Å². The molecule has 0 N–H and O–H groups in total. The Kier molecular flexibility index (Phi) is 4.79. The predicted molar refractivity (Wildman–Crippen MR) is 52.6 cm³/mol. The van der Waals surface area contributed by atoms with Crippen LogP contribution in [0.15, 0.2) is 0 Å². The molecule has 0 aliphatic heterocycles. The average molecular weight is 156 g/mol. The van der Waals surface area contributed by atoms with Crippen LogP contribution in [0.1, 0.15) is 48.0 Å². The third-order valence-electron chi connectivity index (χ3n) is 3.02. The van der Waals surface area contributed by atoms with Crippen LogP contribution in [-0.2, 0) is 0 Å². The first kappa shape index (κ1) is 11.0. The highest BCUT2D eigenvalue weighted by Crippen LogP contribution is 2.23. The first-order valence-corrected chi connectivity index (χ1v) is 4.95. The first-order valence-electron chi connectivity index (χ1n) is 4.95. The Balaban J connectivity index is 3.66. The molecule has 0 aromatic rings. The van der Waals surface area contributed by atoms with Crippen molar-refractivity contribution in [2.24, 2.45) is 23.7 Å². The first-order chi connectivity index (χ1) is 4.95. The van der Waals surface area contributed by atoms with Gasteiger partial charge in [0, 0.05) is 0 Å². The summed E-state index contributed by atoms with van der Waals surface area (Å²) in [5.74, 6) is 3.45. The lowest BCUT2D eigenvalue weighted by Crippen LogP contribution is -2.12. The van der Waals surface area contributed by atoms with Gasteiger partial charge in [-0.25, -0.2) is 0 Å². The molecule has 0 bridgehead atoms. The summed E-state index contributed by atoms with van der Waals surface area (Å²) in [6.45, 7) is 14.0. The van der Waals surface area contributed by atoms with Gasteiger partial charge in [0.15, 0.2) is 0 Å². The van der Waals surface area contributed by atoms with Gasteiger partial charge in [0.05, 0.1) is 0 Å². The van der Waals surface area contributed by atoms with Crippen LogP contribution in [0, 0.1) is 23.7 Å². The van der Waals surface area contributed by atoms with Crippen molar-refractivity contribution in [1.82, 2.24) is 0 Å². The summed E-state index contributed by atoms with van der Waals surface area (Å²) in [5.41, 5.74) is 0. The predicted octanol–water partition coefficient (Wildman–Crippen LogP) is 3.96. The summed E-state index contributed by atoms with van der Waals surface area (Å²) >= 11 is 0. The standard InChI is InChI=1S/C11H24/c1-8(2)10(5)7-11(6)9(3)4/h8-11H,7H2,1-6H3/t10-,11-/m1/s1. The molecule has 0 heterocycles. The maximum Gasteiger partial charge on any atom is -0.0417 e. The molecule has 0 nitrogen and oxygen atoms in total. The lowest BCUT2D eigenvalue weighted by molar-refractivity contribution is 0.283. The molecule has 0 aromatic carbocycles. The minimum Gasteiger partial charge on any atom is -0.0625 e. The van der Waals surface area contributed by atoms with Crippen molar-refractivity contribution >= 4 is 0 Å². The van der Waals surface area contributed by atoms with E-state index < -0.39 is 0 Å². The van der Waals surface area contributed by atoms with Crippen molar-refractivity contribution in [1.29, 1.82) is 0 Å². The van der Waals surface area contributed by atoms with Crippen LogP contribution in [0.3, 0.4) is 0 Å². The van der Waals surface area contributed by atoms with Gasteiger partial charge < -0.3 is 0 Å². The van der Waals surface area contributed by atoms with Gasteiger partial charge in [0.1, 0.15) is 0 Å². The van der Waals surface area contributed by atoms with E-state index in [1.54, 1.807) is 0 Å². The zero-order valence-electron chi connectivity index (χ0n) is 9.02. The van der Waals surface area contributed by atoms with Crippen molar-refractivity contribution in [3.8, 4) is 0 Å². The molecular weight excluding hydrogens is 132 g/mol. The zero-order chi connectivity index (χ0) is 9.02. The lowest BCUT2D eigenvalue weighted by Gasteiger charge is -2.22. The normalized spacial score (nSPS) is 17.5. The molecular formula is C11H24. The minimum absolute atomic E-state index is 0.844. The van der Waals surface area contributed by atoms with E-state index >= 15 is 0 Å². The van der Waals surface area contributed by atoms with Crippen LogP contribution in [0.25, 0.3) is 0 Å². The van der Waals surface area contributed by atoms with Crippen molar-refractivity contribution < 1.29 is 0 Å². The summed E-state index contributed by atoms with van der Waals surface area (Å²) < 4.78 is 0. The highest BCUT2D eigenvalue weighted by atomic mass is 14.2. The van der Waals surface area contributed by atoms with E-state index in [4.69, 9.17) is 0 Å². The Bertz CT molecular complexity index is 80.2. The Labute approximate surface area is 72.4 Å². The molecule has 0 saturated heterocycles. The Hall–Kier alpha value is 0. The summed E-state index contributed by atoms with van der Waals surface area (Å²) in [4.78, 5) is 0. The summed E-state index contributed by atoms with van der Waals surface area (Å²) in [7, 11) is 0. The topological polar surface area (TPSA) is 0 Å².